The molecule has 0 saturated carbocycles. The van der Waals surface area contributed by atoms with Crippen molar-refractivity contribution in [2.24, 2.45) is 0 Å². The zero-order valence-corrected chi connectivity index (χ0v) is 14.4. The van der Waals surface area contributed by atoms with Crippen molar-refractivity contribution in [2.45, 2.75) is 25.1 Å². The van der Waals surface area contributed by atoms with E-state index in [1.54, 1.807) is 6.07 Å². The summed E-state index contributed by atoms with van der Waals surface area (Å²) in [7, 11) is 0. The van der Waals surface area contributed by atoms with Gasteiger partial charge < -0.3 is 4.98 Å². The van der Waals surface area contributed by atoms with Gasteiger partial charge in [-0.05, 0) is 48.9 Å². The fourth-order valence-electron chi connectivity index (χ4n) is 3.60. The summed E-state index contributed by atoms with van der Waals surface area (Å²) < 4.78 is 38.6. The number of halogens is 3. The van der Waals surface area contributed by atoms with Gasteiger partial charge in [0, 0.05) is 19.0 Å². The number of alkyl halides is 3. The Morgan fingerprint density at radius 2 is 2.07 bits per heavy atom. The molecule has 0 bridgehead atoms. The lowest BCUT2D eigenvalue weighted by molar-refractivity contribution is -0.137. The smallest absolute Gasteiger partial charge is 0.342 e. The third-order valence-electron chi connectivity index (χ3n) is 4.95. The van der Waals surface area contributed by atoms with Crippen LogP contribution in [0.5, 0.6) is 0 Å². The summed E-state index contributed by atoms with van der Waals surface area (Å²) in [4.78, 5) is 9.84. The van der Waals surface area contributed by atoms with E-state index >= 15 is 0 Å². The van der Waals surface area contributed by atoms with Crippen LogP contribution in [0.3, 0.4) is 0 Å². The van der Waals surface area contributed by atoms with Crippen LogP contribution in [0.1, 0.15) is 34.9 Å². The maximum Gasteiger partial charge on any atom is 0.416 e. The molecule has 1 saturated heterocycles. The average molecular weight is 370 g/mol. The second-order valence-corrected chi connectivity index (χ2v) is 6.88. The molecular formula is C20H17F3N4. The first kappa shape index (κ1) is 17.6. The van der Waals surface area contributed by atoms with Gasteiger partial charge in [0.1, 0.15) is 5.82 Å². The van der Waals surface area contributed by atoms with E-state index in [-0.39, 0.29) is 5.92 Å². The number of H-pyrrole nitrogens is 1. The molecule has 1 aliphatic rings. The van der Waals surface area contributed by atoms with E-state index in [4.69, 9.17) is 5.26 Å². The van der Waals surface area contributed by atoms with E-state index in [0.717, 1.165) is 49.6 Å². The SMILES string of the molecule is N#Cc1cccc(CN2CC[C@H](c3nc4ccc(C(F)(F)F)cc4[nH]3)C2)c1. The van der Waals surface area contributed by atoms with E-state index in [2.05, 4.69) is 20.9 Å². The molecule has 0 spiro atoms. The highest BCUT2D eigenvalue weighted by atomic mass is 19.4. The topological polar surface area (TPSA) is 55.7 Å². The van der Waals surface area contributed by atoms with Gasteiger partial charge in [0.05, 0.1) is 28.2 Å². The van der Waals surface area contributed by atoms with Crippen LogP contribution >= 0.6 is 0 Å². The Bertz CT molecular complexity index is 1020. The lowest BCUT2D eigenvalue weighted by Crippen LogP contribution is -2.20. The number of rotatable bonds is 3. The molecule has 1 aliphatic heterocycles. The molecule has 4 nitrogen and oxygen atoms in total. The molecule has 1 N–H and O–H groups in total. The maximum atomic E-state index is 12.9. The molecule has 1 atom stereocenters. The summed E-state index contributed by atoms with van der Waals surface area (Å²) >= 11 is 0. The number of likely N-dealkylation sites (tertiary alicyclic amines) is 1. The number of nitrogens with one attached hydrogen (secondary N) is 1. The first-order chi connectivity index (χ1) is 12.9. The van der Waals surface area contributed by atoms with Gasteiger partial charge in [-0.1, -0.05) is 12.1 Å². The minimum Gasteiger partial charge on any atom is -0.342 e. The van der Waals surface area contributed by atoms with Crippen LogP contribution in [-0.2, 0) is 12.7 Å². The number of nitrogens with zero attached hydrogens (tertiary/aromatic N) is 3. The van der Waals surface area contributed by atoms with Crippen molar-refractivity contribution in [2.75, 3.05) is 13.1 Å². The van der Waals surface area contributed by atoms with Crippen molar-refractivity contribution in [1.29, 1.82) is 5.26 Å². The van der Waals surface area contributed by atoms with Gasteiger partial charge in [-0.3, -0.25) is 4.90 Å². The zero-order valence-electron chi connectivity index (χ0n) is 14.4. The van der Waals surface area contributed by atoms with Crippen LogP contribution < -0.4 is 0 Å². The van der Waals surface area contributed by atoms with Crippen molar-refractivity contribution in [3.8, 4) is 6.07 Å². The lowest BCUT2D eigenvalue weighted by Gasteiger charge is -2.15. The van der Waals surface area contributed by atoms with Crippen molar-refractivity contribution < 1.29 is 13.2 Å². The summed E-state index contributed by atoms with van der Waals surface area (Å²) in [5, 5.41) is 9.01. The summed E-state index contributed by atoms with van der Waals surface area (Å²) in [6.45, 7) is 2.40. The van der Waals surface area contributed by atoms with E-state index in [1.807, 2.05) is 18.2 Å². The molecular weight excluding hydrogens is 353 g/mol. The van der Waals surface area contributed by atoms with Crippen LogP contribution in [0.15, 0.2) is 42.5 Å². The number of hydrogen-bond acceptors (Lipinski definition) is 3. The lowest BCUT2D eigenvalue weighted by atomic mass is 10.1. The Hall–Kier alpha value is -2.85. The fraction of sp³-hybridized carbons (Fsp3) is 0.300. The van der Waals surface area contributed by atoms with Crippen LogP contribution in [0.4, 0.5) is 13.2 Å². The van der Waals surface area contributed by atoms with Crippen LogP contribution in [0.25, 0.3) is 11.0 Å². The molecule has 0 aliphatic carbocycles. The van der Waals surface area contributed by atoms with Gasteiger partial charge in [-0.25, -0.2) is 4.98 Å². The summed E-state index contributed by atoms with van der Waals surface area (Å²) in [6.07, 6.45) is -3.47. The minimum atomic E-state index is -4.36. The monoisotopic (exact) mass is 370 g/mol. The maximum absolute atomic E-state index is 12.9. The largest absolute Gasteiger partial charge is 0.416 e. The standard InChI is InChI=1S/C20H17F3N4/c21-20(22,23)16-4-5-17-18(9-16)26-19(25-17)15-6-7-27(12-15)11-14-3-1-2-13(8-14)10-24/h1-5,8-9,15H,6-7,11-12H2,(H,25,26)/t15-/m0/s1. The van der Waals surface area contributed by atoms with Gasteiger partial charge in [0.15, 0.2) is 0 Å². The molecule has 1 aromatic heterocycles. The van der Waals surface area contributed by atoms with Crippen LogP contribution in [-0.4, -0.2) is 28.0 Å². The highest BCUT2D eigenvalue weighted by Gasteiger charge is 2.31. The predicted molar refractivity (Wildman–Crippen MR) is 94.9 cm³/mol. The number of aromatic nitrogens is 2. The normalized spacial score (nSPS) is 18.1. The van der Waals surface area contributed by atoms with Crippen molar-refractivity contribution >= 4 is 11.0 Å². The Morgan fingerprint density at radius 1 is 1.22 bits per heavy atom. The van der Waals surface area contributed by atoms with Crippen molar-refractivity contribution in [3.05, 3.63) is 65.0 Å². The van der Waals surface area contributed by atoms with E-state index < -0.39 is 11.7 Å². The van der Waals surface area contributed by atoms with E-state index in [0.29, 0.717) is 16.6 Å². The zero-order chi connectivity index (χ0) is 19.0. The highest BCUT2D eigenvalue weighted by Crippen LogP contribution is 2.32. The number of benzene rings is 2. The second kappa shape index (κ2) is 6.71. The van der Waals surface area contributed by atoms with Gasteiger partial charge in [0.25, 0.3) is 0 Å². The van der Waals surface area contributed by atoms with Gasteiger partial charge in [0.2, 0.25) is 0 Å². The van der Waals surface area contributed by atoms with Crippen LogP contribution in [0, 0.1) is 11.3 Å². The first-order valence-electron chi connectivity index (χ1n) is 8.70. The Kier molecular flexibility index (Phi) is 4.36. The molecule has 1 fully saturated rings. The van der Waals surface area contributed by atoms with E-state index in [1.165, 1.54) is 6.07 Å². The molecule has 27 heavy (non-hydrogen) atoms. The Labute approximate surface area is 154 Å². The summed E-state index contributed by atoms with van der Waals surface area (Å²) in [5.41, 5.74) is 2.02. The number of aromatic amines is 1. The Morgan fingerprint density at radius 3 is 2.85 bits per heavy atom. The van der Waals surface area contributed by atoms with Gasteiger partial charge >= 0.3 is 6.18 Å². The molecule has 2 heterocycles. The Balaban J connectivity index is 1.49. The molecule has 0 amide bonds. The molecule has 3 aromatic rings. The molecule has 2 aromatic carbocycles. The van der Waals surface area contributed by atoms with Crippen molar-refractivity contribution in [3.63, 3.8) is 0 Å². The van der Waals surface area contributed by atoms with Crippen molar-refractivity contribution in [1.82, 2.24) is 14.9 Å². The molecule has 138 valence electrons. The number of fused-ring (bicyclic) bond motifs is 1. The number of nitriles is 1. The fourth-order valence-corrected chi connectivity index (χ4v) is 3.60. The van der Waals surface area contributed by atoms with Gasteiger partial charge in [-0.15, -0.1) is 0 Å². The third kappa shape index (κ3) is 3.67. The van der Waals surface area contributed by atoms with Gasteiger partial charge in [-0.2, -0.15) is 18.4 Å². The second-order valence-electron chi connectivity index (χ2n) is 6.88. The van der Waals surface area contributed by atoms with E-state index in [9.17, 15) is 13.2 Å². The average Bonchev–Trinajstić information content (AvgIpc) is 3.27. The minimum absolute atomic E-state index is 0.158. The first-order valence-corrected chi connectivity index (χ1v) is 8.70. The summed E-state index contributed by atoms with van der Waals surface area (Å²) in [6, 6.07) is 13.3. The third-order valence-corrected chi connectivity index (χ3v) is 4.95. The molecule has 0 unspecified atom stereocenters. The van der Waals surface area contributed by atoms with Crippen LogP contribution in [0.2, 0.25) is 0 Å². The quantitative estimate of drug-likeness (QED) is 0.741. The number of imidazole rings is 1. The number of hydrogen-bond donors (Lipinski definition) is 1. The highest BCUT2D eigenvalue weighted by molar-refractivity contribution is 5.76. The molecule has 0 radical (unpaired) electrons. The molecule has 7 heteroatoms. The molecule has 4 rings (SSSR count). The predicted octanol–water partition coefficient (Wildman–Crippen LogP) is 4.44. The summed E-state index contributed by atoms with van der Waals surface area (Å²) in [5.74, 6) is 0.892.